The van der Waals surface area contributed by atoms with E-state index >= 15 is 0 Å². The molecule has 3 rings (SSSR count). The van der Waals surface area contributed by atoms with Gasteiger partial charge in [-0.05, 0) is 18.2 Å². The van der Waals surface area contributed by atoms with Gasteiger partial charge >= 0.3 is 0 Å². The molecule has 3 N–H and O–H groups in total. The molecule has 0 aliphatic rings. The summed E-state index contributed by atoms with van der Waals surface area (Å²) in [5, 5.41) is 7.83. The first kappa shape index (κ1) is 13.2. The molecular weight excluding hydrogens is 338 g/mol. The van der Waals surface area contributed by atoms with E-state index in [1.807, 2.05) is 48.5 Å². The van der Waals surface area contributed by atoms with Crippen LogP contribution >= 0.6 is 27.5 Å². The van der Waals surface area contributed by atoms with Gasteiger partial charge in [0.05, 0.1) is 11.3 Å². The van der Waals surface area contributed by atoms with Gasteiger partial charge in [-0.15, -0.1) is 0 Å². The molecule has 1 aromatic heterocycles. The summed E-state index contributed by atoms with van der Waals surface area (Å²) in [4.78, 5) is 0. The maximum atomic E-state index is 6.02. The number of anilines is 1. The summed E-state index contributed by atoms with van der Waals surface area (Å²) in [5.74, 6) is 0.474. The smallest absolute Gasteiger partial charge is 0.153 e. The van der Waals surface area contributed by atoms with E-state index in [4.69, 9.17) is 17.3 Å². The molecule has 0 fully saturated rings. The molecule has 2 aromatic carbocycles. The number of aromatic amines is 1. The van der Waals surface area contributed by atoms with Crippen LogP contribution in [-0.2, 0) is 0 Å². The summed E-state index contributed by atoms with van der Waals surface area (Å²) < 4.78 is 0.975. The highest BCUT2D eigenvalue weighted by molar-refractivity contribution is 9.10. The normalized spacial score (nSPS) is 10.7. The predicted octanol–water partition coefficient (Wildman–Crippen LogP) is 4.74. The summed E-state index contributed by atoms with van der Waals surface area (Å²) in [5.41, 5.74) is 9.78. The Balaban J connectivity index is 2.20. The van der Waals surface area contributed by atoms with Gasteiger partial charge in [0.15, 0.2) is 5.82 Å². The van der Waals surface area contributed by atoms with Gasteiger partial charge in [-0.1, -0.05) is 57.9 Å². The second kappa shape index (κ2) is 5.31. The molecule has 100 valence electrons. The lowest BCUT2D eigenvalue weighted by Gasteiger charge is -2.07. The molecule has 0 unspecified atom stereocenters. The van der Waals surface area contributed by atoms with Crippen LogP contribution in [0.15, 0.2) is 53.0 Å². The highest BCUT2D eigenvalue weighted by Gasteiger charge is 2.16. The van der Waals surface area contributed by atoms with Crippen molar-refractivity contribution in [3.63, 3.8) is 0 Å². The molecule has 0 aliphatic heterocycles. The number of aromatic nitrogens is 2. The van der Waals surface area contributed by atoms with Crippen LogP contribution in [0.5, 0.6) is 0 Å². The maximum Gasteiger partial charge on any atom is 0.153 e. The average Bonchev–Trinajstić information content (AvgIpc) is 2.82. The van der Waals surface area contributed by atoms with E-state index in [-0.39, 0.29) is 0 Å². The Labute approximate surface area is 129 Å². The molecular formula is C15H11BrClN3. The van der Waals surface area contributed by atoms with Crippen molar-refractivity contribution >= 4 is 33.3 Å². The average molecular weight is 349 g/mol. The van der Waals surface area contributed by atoms with E-state index in [1.54, 1.807) is 0 Å². The van der Waals surface area contributed by atoms with E-state index in [9.17, 15) is 0 Å². The van der Waals surface area contributed by atoms with Gasteiger partial charge < -0.3 is 5.73 Å². The van der Waals surface area contributed by atoms with Crippen LogP contribution in [0, 0.1) is 0 Å². The van der Waals surface area contributed by atoms with Crippen molar-refractivity contribution in [3.8, 4) is 22.4 Å². The van der Waals surface area contributed by atoms with Crippen LogP contribution in [0.3, 0.4) is 0 Å². The molecule has 0 spiro atoms. The van der Waals surface area contributed by atoms with Crippen LogP contribution in [-0.4, -0.2) is 10.2 Å². The molecule has 0 saturated carbocycles. The lowest BCUT2D eigenvalue weighted by Crippen LogP contribution is -1.89. The topological polar surface area (TPSA) is 54.7 Å². The van der Waals surface area contributed by atoms with Crippen LogP contribution in [0.4, 0.5) is 5.82 Å². The van der Waals surface area contributed by atoms with E-state index in [0.717, 1.165) is 26.9 Å². The molecule has 1 heterocycles. The molecule has 0 atom stereocenters. The monoisotopic (exact) mass is 347 g/mol. The van der Waals surface area contributed by atoms with Gasteiger partial charge in [0.25, 0.3) is 0 Å². The first-order chi connectivity index (χ1) is 9.66. The molecule has 0 bridgehead atoms. The minimum absolute atomic E-state index is 0.474. The van der Waals surface area contributed by atoms with Crippen molar-refractivity contribution in [3.05, 3.63) is 58.0 Å². The predicted molar refractivity (Wildman–Crippen MR) is 86.6 cm³/mol. The van der Waals surface area contributed by atoms with Crippen molar-refractivity contribution in [2.45, 2.75) is 0 Å². The number of H-pyrrole nitrogens is 1. The van der Waals surface area contributed by atoms with Crippen molar-refractivity contribution in [2.75, 3.05) is 5.73 Å². The molecule has 3 aromatic rings. The van der Waals surface area contributed by atoms with Gasteiger partial charge in [-0.25, -0.2) is 0 Å². The summed E-state index contributed by atoms with van der Waals surface area (Å²) in [6, 6.07) is 15.5. The third-order valence-corrected chi connectivity index (χ3v) is 4.01. The largest absolute Gasteiger partial charge is 0.382 e. The van der Waals surface area contributed by atoms with Crippen molar-refractivity contribution in [2.24, 2.45) is 0 Å². The standard InChI is InChI=1S/C15H11BrClN3/c16-12-4-2-1-3-11(12)13-14(19-20-15(13)18)9-5-7-10(17)8-6-9/h1-8H,(H3,18,19,20). The third kappa shape index (κ3) is 2.32. The van der Waals surface area contributed by atoms with Gasteiger partial charge in [0.1, 0.15) is 0 Å². The Morgan fingerprint density at radius 1 is 1.05 bits per heavy atom. The second-order valence-electron chi connectivity index (χ2n) is 4.35. The maximum absolute atomic E-state index is 6.02. The summed E-state index contributed by atoms with van der Waals surface area (Å²) in [6.07, 6.45) is 0. The zero-order valence-electron chi connectivity index (χ0n) is 10.4. The third-order valence-electron chi connectivity index (χ3n) is 3.07. The number of hydrogen-bond acceptors (Lipinski definition) is 2. The number of benzene rings is 2. The highest BCUT2D eigenvalue weighted by atomic mass is 79.9. The molecule has 20 heavy (non-hydrogen) atoms. The Kier molecular flexibility index (Phi) is 3.51. The Bertz CT molecular complexity index is 750. The molecule has 0 radical (unpaired) electrons. The van der Waals surface area contributed by atoms with Crippen molar-refractivity contribution in [1.82, 2.24) is 10.2 Å². The number of nitrogens with two attached hydrogens (primary N) is 1. The van der Waals surface area contributed by atoms with Gasteiger partial charge in [0.2, 0.25) is 0 Å². The fourth-order valence-corrected chi connectivity index (χ4v) is 2.73. The first-order valence-corrected chi connectivity index (χ1v) is 7.18. The lowest BCUT2D eigenvalue weighted by atomic mass is 10.0. The first-order valence-electron chi connectivity index (χ1n) is 6.01. The second-order valence-corrected chi connectivity index (χ2v) is 5.64. The fourth-order valence-electron chi connectivity index (χ4n) is 2.12. The quantitative estimate of drug-likeness (QED) is 0.702. The van der Waals surface area contributed by atoms with Crippen LogP contribution in [0.2, 0.25) is 5.02 Å². The van der Waals surface area contributed by atoms with Gasteiger partial charge in [0, 0.05) is 20.6 Å². The molecule has 0 aliphatic carbocycles. The molecule has 0 saturated heterocycles. The van der Waals surface area contributed by atoms with Crippen molar-refractivity contribution < 1.29 is 0 Å². The summed E-state index contributed by atoms with van der Waals surface area (Å²) >= 11 is 9.48. The van der Waals surface area contributed by atoms with E-state index < -0.39 is 0 Å². The highest BCUT2D eigenvalue weighted by Crippen LogP contribution is 2.38. The van der Waals surface area contributed by atoms with Gasteiger partial charge in [-0.2, -0.15) is 5.10 Å². The van der Waals surface area contributed by atoms with E-state index in [2.05, 4.69) is 26.1 Å². The number of hydrogen-bond donors (Lipinski definition) is 2. The fraction of sp³-hybridized carbons (Fsp3) is 0. The summed E-state index contributed by atoms with van der Waals surface area (Å²) in [6.45, 7) is 0. The van der Waals surface area contributed by atoms with E-state index in [1.165, 1.54) is 0 Å². The van der Waals surface area contributed by atoms with Crippen LogP contribution < -0.4 is 5.73 Å². The van der Waals surface area contributed by atoms with Crippen LogP contribution in [0.25, 0.3) is 22.4 Å². The Morgan fingerprint density at radius 3 is 2.45 bits per heavy atom. The number of nitrogen functional groups attached to an aromatic ring is 1. The minimum atomic E-state index is 0.474. The SMILES string of the molecule is Nc1n[nH]c(-c2ccc(Cl)cc2)c1-c1ccccc1Br. The number of nitrogens with zero attached hydrogens (tertiary/aromatic N) is 1. The zero-order chi connectivity index (χ0) is 14.1. The number of nitrogens with one attached hydrogen (secondary N) is 1. The van der Waals surface area contributed by atoms with E-state index in [0.29, 0.717) is 10.8 Å². The molecule has 0 amide bonds. The lowest BCUT2D eigenvalue weighted by molar-refractivity contribution is 1.10. The summed E-state index contributed by atoms with van der Waals surface area (Å²) in [7, 11) is 0. The van der Waals surface area contributed by atoms with Crippen LogP contribution in [0.1, 0.15) is 0 Å². The zero-order valence-corrected chi connectivity index (χ0v) is 12.7. The number of rotatable bonds is 2. The van der Waals surface area contributed by atoms with Crippen molar-refractivity contribution in [1.29, 1.82) is 0 Å². The number of halogens is 2. The Morgan fingerprint density at radius 2 is 1.75 bits per heavy atom. The van der Waals surface area contributed by atoms with Gasteiger partial charge in [-0.3, -0.25) is 5.10 Å². The molecule has 3 nitrogen and oxygen atoms in total. The minimum Gasteiger partial charge on any atom is -0.382 e. The Hall–Kier alpha value is -1.78. The molecule has 5 heteroatoms.